The van der Waals surface area contributed by atoms with Gasteiger partial charge in [0.15, 0.2) is 0 Å². The summed E-state index contributed by atoms with van der Waals surface area (Å²) in [6, 6.07) is 3.98. The zero-order valence-electron chi connectivity index (χ0n) is 8.16. The van der Waals surface area contributed by atoms with E-state index in [0.29, 0.717) is 0 Å². The summed E-state index contributed by atoms with van der Waals surface area (Å²) in [5.74, 6) is 0. The van der Waals surface area contributed by atoms with E-state index in [-0.39, 0.29) is 0 Å². The van der Waals surface area contributed by atoms with Crippen molar-refractivity contribution in [2.24, 2.45) is 0 Å². The SMILES string of the molecule is CSc1cccnc1.O=[P+](O)O.O=[P+](O)O. The van der Waals surface area contributed by atoms with Crippen molar-refractivity contribution in [1.29, 1.82) is 0 Å². The largest absolute Gasteiger partial charge is 0.692 e. The summed E-state index contributed by atoms with van der Waals surface area (Å²) < 4.78 is 17.4. The van der Waals surface area contributed by atoms with Gasteiger partial charge < -0.3 is 0 Å². The first-order chi connectivity index (χ1) is 7.40. The van der Waals surface area contributed by atoms with Crippen molar-refractivity contribution in [3.05, 3.63) is 24.5 Å². The van der Waals surface area contributed by atoms with Crippen LogP contribution in [-0.2, 0) is 9.13 Å². The van der Waals surface area contributed by atoms with Crippen molar-refractivity contribution < 1.29 is 28.7 Å². The molecule has 0 fully saturated rings. The number of nitrogens with zero attached hydrogens (tertiary/aromatic N) is 1. The molecule has 1 rings (SSSR count). The molecule has 0 spiro atoms. The van der Waals surface area contributed by atoms with Gasteiger partial charge in [0.05, 0.1) is 0 Å². The molecule has 0 aromatic carbocycles. The number of rotatable bonds is 1. The zero-order valence-corrected chi connectivity index (χ0v) is 10.8. The van der Waals surface area contributed by atoms with Crippen LogP contribution in [0.25, 0.3) is 0 Å². The Balaban J connectivity index is 0. The van der Waals surface area contributed by atoms with E-state index in [1.54, 1.807) is 18.0 Å². The average Bonchev–Trinajstić information content (AvgIpc) is 2.17. The number of hydrogen-bond donors (Lipinski definition) is 4. The molecule has 0 aliphatic carbocycles. The van der Waals surface area contributed by atoms with Crippen molar-refractivity contribution in [3.63, 3.8) is 0 Å². The molecule has 0 aliphatic rings. The van der Waals surface area contributed by atoms with Gasteiger partial charge >= 0.3 is 16.5 Å². The Kier molecular flexibility index (Phi) is 14.1. The smallest absolute Gasteiger partial charge is 0.264 e. The second kappa shape index (κ2) is 12.6. The minimum Gasteiger partial charge on any atom is -0.264 e. The molecule has 0 bridgehead atoms. The first-order valence-corrected chi connectivity index (χ1v) is 7.09. The molecular formula is C6H11NO6P2S+2. The Bertz CT molecular complexity index is 291. The normalized spacial score (nSPS) is 7.81. The summed E-state index contributed by atoms with van der Waals surface area (Å²) in [5, 5.41) is 0. The van der Waals surface area contributed by atoms with E-state index in [1.807, 2.05) is 24.6 Å². The molecule has 4 N–H and O–H groups in total. The number of hydrogen-bond acceptors (Lipinski definition) is 4. The molecule has 0 amide bonds. The summed E-state index contributed by atoms with van der Waals surface area (Å²) in [6.07, 6.45) is 5.67. The molecule has 1 aromatic rings. The Morgan fingerprint density at radius 3 is 1.81 bits per heavy atom. The van der Waals surface area contributed by atoms with Crippen LogP contribution in [0.4, 0.5) is 0 Å². The Morgan fingerprint density at radius 2 is 1.62 bits per heavy atom. The van der Waals surface area contributed by atoms with Crippen LogP contribution in [0.15, 0.2) is 29.4 Å². The van der Waals surface area contributed by atoms with E-state index in [0.717, 1.165) is 0 Å². The predicted molar refractivity (Wildman–Crippen MR) is 60.1 cm³/mol. The highest BCUT2D eigenvalue weighted by molar-refractivity contribution is 7.98. The molecule has 10 heteroatoms. The standard InChI is InChI=1S/C6H7NS.2HO3P/c1-8-6-3-2-4-7-5-6;2*1-4(2)3/h2-5H,1H3;2*(H-,1,2,3)/p+2. The quantitative estimate of drug-likeness (QED) is 0.446. The van der Waals surface area contributed by atoms with E-state index in [9.17, 15) is 0 Å². The maximum Gasteiger partial charge on any atom is 0.692 e. The van der Waals surface area contributed by atoms with Gasteiger partial charge in [-0.25, -0.2) is 0 Å². The second-order valence-electron chi connectivity index (χ2n) is 1.90. The highest BCUT2D eigenvalue weighted by atomic mass is 32.2. The Morgan fingerprint density at radius 1 is 1.19 bits per heavy atom. The molecule has 0 aliphatic heterocycles. The fourth-order valence-corrected chi connectivity index (χ4v) is 0.849. The third-order valence-corrected chi connectivity index (χ3v) is 1.58. The number of thioether (sulfide) groups is 1. The lowest BCUT2D eigenvalue weighted by atomic mass is 10.5. The van der Waals surface area contributed by atoms with Crippen molar-refractivity contribution >= 4 is 28.3 Å². The second-order valence-corrected chi connectivity index (χ2v) is 3.79. The summed E-state index contributed by atoms with van der Waals surface area (Å²) in [5.41, 5.74) is 0. The highest BCUT2D eigenvalue weighted by Crippen LogP contribution is 2.09. The van der Waals surface area contributed by atoms with E-state index in [1.165, 1.54) is 4.90 Å². The molecule has 0 saturated carbocycles. The van der Waals surface area contributed by atoms with Gasteiger partial charge in [-0.3, -0.25) is 4.98 Å². The van der Waals surface area contributed by atoms with Gasteiger partial charge in [0, 0.05) is 26.4 Å². The van der Waals surface area contributed by atoms with E-state index >= 15 is 0 Å². The minimum atomic E-state index is -2.87. The van der Waals surface area contributed by atoms with Crippen LogP contribution in [0.1, 0.15) is 0 Å². The van der Waals surface area contributed by atoms with Crippen molar-refractivity contribution in [1.82, 2.24) is 4.98 Å². The minimum absolute atomic E-state index is 1.22. The highest BCUT2D eigenvalue weighted by Gasteiger charge is 1.93. The van der Waals surface area contributed by atoms with Crippen LogP contribution in [0.2, 0.25) is 0 Å². The molecule has 16 heavy (non-hydrogen) atoms. The van der Waals surface area contributed by atoms with Crippen molar-refractivity contribution in [3.8, 4) is 0 Å². The van der Waals surface area contributed by atoms with Crippen LogP contribution in [0, 0.1) is 0 Å². The molecule has 0 saturated heterocycles. The van der Waals surface area contributed by atoms with Crippen LogP contribution >= 0.6 is 28.3 Å². The first kappa shape index (κ1) is 17.9. The average molecular weight is 287 g/mol. The molecule has 0 atom stereocenters. The van der Waals surface area contributed by atoms with Crippen molar-refractivity contribution in [2.45, 2.75) is 4.90 Å². The monoisotopic (exact) mass is 287 g/mol. The van der Waals surface area contributed by atoms with Gasteiger partial charge in [-0.05, 0) is 18.4 Å². The molecule has 1 aromatic heterocycles. The zero-order chi connectivity index (χ0) is 13.0. The van der Waals surface area contributed by atoms with Gasteiger partial charge in [-0.2, -0.15) is 0 Å². The van der Waals surface area contributed by atoms with Crippen LogP contribution in [0.3, 0.4) is 0 Å². The van der Waals surface area contributed by atoms with Crippen LogP contribution in [-0.4, -0.2) is 30.8 Å². The summed E-state index contributed by atoms with van der Waals surface area (Å²) in [7, 11) is -5.74. The molecular weight excluding hydrogens is 276 g/mol. The van der Waals surface area contributed by atoms with Gasteiger partial charge in [0.2, 0.25) is 0 Å². The van der Waals surface area contributed by atoms with Gasteiger partial charge in [-0.15, -0.1) is 31.3 Å². The van der Waals surface area contributed by atoms with E-state index < -0.39 is 16.5 Å². The molecule has 1 heterocycles. The third-order valence-electron chi connectivity index (χ3n) is 0.870. The Labute approximate surface area is 98.1 Å². The molecule has 0 unspecified atom stereocenters. The molecule has 90 valence electrons. The lowest BCUT2D eigenvalue weighted by Crippen LogP contribution is -1.69. The van der Waals surface area contributed by atoms with Crippen LogP contribution in [0.5, 0.6) is 0 Å². The maximum atomic E-state index is 8.70. The summed E-state index contributed by atoms with van der Waals surface area (Å²) in [6.45, 7) is 0. The lowest BCUT2D eigenvalue weighted by molar-refractivity contribution is 0.403. The third kappa shape index (κ3) is 23.4. The van der Waals surface area contributed by atoms with Gasteiger partial charge in [-0.1, -0.05) is 0 Å². The number of pyridine rings is 1. The number of aromatic nitrogens is 1. The summed E-state index contributed by atoms with van der Waals surface area (Å²) >= 11 is 1.71. The maximum absolute atomic E-state index is 8.70. The van der Waals surface area contributed by atoms with Crippen LogP contribution < -0.4 is 0 Å². The first-order valence-electron chi connectivity index (χ1n) is 3.54. The lowest BCUT2D eigenvalue weighted by Gasteiger charge is -1.88. The topological polar surface area (TPSA) is 128 Å². The van der Waals surface area contributed by atoms with Gasteiger partial charge in [0.25, 0.3) is 0 Å². The van der Waals surface area contributed by atoms with Gasteiger partial charge in [0.1, 0.15) is 0 Å². The van der Waals surface area contributed by atoms with E-state index in [2.05, 4.69) is 4.98 Å². The fourth-order valence-electron chi connectivity index (χ4n) is 0.468. The fraction of sp³-hybridized carbons (Fsp3) is 0.167. The van der Waals surface area contributed by atoms with Crippen molar-refractivity contribution in [2.75, 3.05) is 6.26 Å². The molecule has 7 nitrogen and oxygen atoms in total. The summed E-state index contributed by atoms with van der Waals surface area (Å²) in [4.78, 5) is 33.6. The Hall–Kier alpha value is -0.460. The predicted octanol–water partition coefficient (Wildman–Crippen LogP) is 1.06. The van der Waals surface area contributed by atoms with E-state index in [4.69, 9.17) is 28.7 Å². The molecule has 0 radical (unpaired) electrons.